The number of benzene rings is 1. The first kappa shape index (κ1) is 34.9. The van der Waals surface area contributed by atoms with E-state index in [0.29, 0.717) is 17.0 Å². The van der Waals surface area contributed by atoms with Gasteiger partial charge in [0.25, 0.3) is 0 Å². The van der Waals surface area contributed by atoms with E-state index in [1.807, 2.05) is 0 Å². The van der Waals surface area contributed by atoms with Crippen LogP contribution in [0.3, 0.4) is 0 Å². The number of nitrogens with two attached hydrogens (primary N) is 1. The summed E-state index contributed by atoms with van der Waals surface area (Å²) in [7, 11) is 0. The minimum absolute atomic E-state index is 0.00954. The number of aliphatic carboxylic acids is 1. The lowest BCUT2D eigenvalue weighted by atomic mass is 10.0. The standard InChI is InChI=1S/C28H36N10O8/c29-9-23(40)35-20(7-17-10-30-14-33-17)26(44)37-21(8-18-11-31-15-34-18)27(45)38-22(13-39)28(46)36-19(25(43)32-12-24(41)42)6-16-4-2-1-3-5-16/h1-5,10-11,14-15,19-22,39H,6-9,12-13,29H2,(H,30,33)(H,31,34)(H,32,43)(H,35,40)(H,36,46)(H,37,44)(H,38,45)(H,41,42)/t19-,20-,21-,22-/m0/s1. The Morgan fingerprint density at radius 3 is 1.70 bits per heavy atom. The molecule has 46 heavy (non-hydrogen) atoms. The zero-order chi connectivity index (χ0) is 33.5. The molecular weight excluding hydrogens is 604 g/mol. The SMILES string of the molecule is NCC(=O)N[C@@H](Cc1cnc[nH]1)C(=O)N[C@@H](Cc1cnc[nH]1)C(=O)N[C@@H](CO)C(=O)N[C@@H](Cc1ccccc1)C(=O)NCC(=O)O. The molecule has 0 unspecified atom stereocenters. The van der Waals surface area contributed by atoms with Crippen molar-refractivity contribution in [3.05, 3.63) is 72.3 Å². The number of amides is 5. The topological polar surface area (TPSA) is 286 Å². The average Bonchev–Trinajstić information content (AvgIpc) is 3.76. The summed E-state index contributed by atoms with van der Waals surface area (Å²) in [6.45, 7) is -1.97. The molecule has 0 aliphatic carbocycles. The lowest BCUT2D eigenvalue weighted by Gasteiger charge is -2.25. The van der Waals surface area contributed by atoms with Gasteiger partial charge in [0.05, 0.1) is 25.8 Å². The molecule has 0 fully saturated rings. The van der Waals surface area contributed by atoms with Crippen LogP contribution in [0.15, 0.2) is 55.4 Å². The summed E-state index contributed by atoms with van der Waals surface area (Å²) in [6.07, 6.45) is 5.49. The minimum atomic E-state index is -1.57. The molecule has 0 saturated carbocycles. The van der Waals surface area contributed by atoms with Crippen LogP contribution in [0.25, 0.3) is 0 Å². The molecule has 4 atom stereocenters. The zero-order valence-electron chi connectivity index (χ0n) is 24.6. The fraction of sp³-hybridized carbons (Fsp3) is 0.357. The predicted octanol–water partition coefficient (Wildman–Crippen LogP) is -3.75. The number of carboxylic acids is 1. The summed E-state index contributed by atoms with van der Waals surface area (Å²) in [4.78, 5) is 89.2. The van der Waals surface area contributed by atoms with Gasteiger partial charge in [0, 0.05) is 43.0 Å². The van der Waals surface area contributed by atoms with Crippen molar-refractivity contribution in [3.63, 3.8) is 0 Å². The fourth-order valence-corrected chi connectivity index (χ4v) is 4.26. The first-order chi connectivity index (χ1) is 22.1. The molecule has 3 aromatic rings. The second-order valence-corrected chi connectivity index (χ2v) is 10.1. The van der Waals surface area contributed by atoms with E-state index >= 15 is 0 Å². The Morgan fingerprint density at radius 2 is 1.22 bits per heavy atom. The van der Waals surface area contributed by atoms with Gasteiger partial charge in [-0.3, -0.25) is 28.8 Å². The van der Waals surface area contributed by atoms with Gasteiger partial charge in [0.2, 0.25) is 29.5 Å². The van der Waals surface area contributed by atoms with Crippen LogP contribution in [0.1, 0.15) is 17.0 Å². The molecule has 0 aliphatic heterocycles. The molecule has 5 amide bonds. The van der Waals surface area contributed by atoms with Gasteiger partial charge < -0.3 is 52.5 Å². The Kier molecular flexibility index (Phi) is 13.4. The highest BCUT2D eigenvalue weighted by atomic mass is 16.4. The number of aliphatic hydroxyl groups excluding tert-OH is 1. The van der Waals surface area contributed by atoms with Gasteiger partial charge in [-0.15, -0.1) is 0 Å². The highest BCUT2D eigenvalue weighted by Gasteiger charge is 2.32. The molecule has 246 valence electrons. The van der Waals surface area contributed by atoms with Crippen LogP contribution in [-0.4, -0.2) is 110 Å². The second-order valence-electron chi connectivity index (χ2n) is 10.1. The second kappa shape index (κ2) is 17.6. The molecule has 18 heteroatoms. The number of aromatic amines is 2. The molecule has 0 saturated heterocycles. The molecule has 0 aliphatic rings. The lowest BCUT2D eigenvalue weighted by molar-refractivity contribution is -0.138. The largest absolute Gasteiger partial charge is 0.480 e. The fourth-order valence-electron chi connectivity index (χ4n) is 4.26. The highest BCUT2D eigenvalue weighted by Crippen LogP contribution is 2.06. The number of imidazole rings is 2. The van der Waals surface area contributed by atoms with Crippen LogP contribution in [0.2, 0.25) is 0 Å². The van der Waals surface area contributed by atoms with Crippen molar-refractivity contribution in [2.75, 3.05) is 19.7 Å². The number of carbonyl (C=O) groups excluding carboxylic acids is 5. The van der Waals surface area contributed by atoms with Crippen molar-refractivity contribution in [1.82, 2.24) is 46.5 Å². The van der Waals surface area contributed by atoms with Crippen molar-refractivity contribution in [2.24, 2.45) is 5.73 Å². The van der Waals surface area contributed by atoms with Gasteiger partial charge in [-0.1, -0.05) is 30.3 Å². The van der Waals surface area contributed by atoms with E-state index in [9.17, 15) is 33.9 Å². The molecule has 18 nitrogen and oxygen atoms in total. The molecule has 2 aromatic heterocycles. The van der Waals surface area contributed by atoms with E-state index in [1.54, 1.807) is 30.3 Å². The Labute approximate surface area is 262 Å². The van der Waals surface area contributed by atoms with Gasteiger partial charge in [-0.2, -0.15) is 0 Å². The van der Waals surface area contributed by atoms with Gasteiger partial charge in [-0.25, -0.2) is 9.97 Å². The number of hydrogen-bond acceptors (Lipinski definition) is 10. The summed E-state index contributed by atoms with van der Waals surface area (Å²) in [6, 6.07) is 3.28. The lowest BCUT2D eigenvalue weighted by Crippen LogP contribution is -2.60. The molecule has 3 rings (SSSR count). The smallest absolute Gasteiger partial charge is 0.322 e. The van der Waals surface area contributed by atoms with Crippen LogP contribution in [0.4, 0.5) is 0 Å². The maximum Gasteiger partial charge on any atom is 0.322 e. The molecule has 1 aromatic carbocycles. The summed E-state index contributed by atoms with van der Waals surface area (Å²) in [5.41, 5.74) is 7.02. The monoisotopic (exact) mass is 640 g/mol. The van der Waals surface area contributed by atoms with Gasteiger partial charge in [0.1, 0.15) is 30.7 Å². The Bertz CT molecular complexity index is 1450. The zero-order valence-corrected chi connectivity index (χ0v) is 24.6. The number of aromatic nitrogens is 4. The molecule has 11 N–H and O–H groups in total. The Morgan fingerprint density at radius 1 is 0.717 bits per heavy atom. The van der Waals surface area contributed by atoms with Crippen molar-refractivity contribution in [1.29, 1.82) is 0 Å². The third kappa shape index (κ3) is 11.1. The quantitative estimate of drug-likeness (QED) is 0.0644. The number of aliphatic hydroxyl groups is 1. The number of hydrogen-bond donors (Lipinski definition) is 10. The number of nitrogens with one attached hydrogen (secondary N) is 7. The minimum Gasteiger partial charge on any atom is -0.480 e. The number of rotatable bonds is 18. The van der Waals surface area contributed by atoms with Crippen molar-refractivity contribution < 1.29 is 39.0 Å². The predicted molar refractivity (Wildman–Crippen MR) is 159 cm³/mol. The van der Waals surface area contributed by atoms with E-state index in [2.05, 4.69) is 46.5 Å². The highest BCUT2D eigenvalue weighted by molar-refractivity contribution is 5.96. The van der Waals surface area contributed by atoms with E-state index < -0.39 is 79.4 Å². The molecular formula is C28H36N10O8. The van der Waals surface area contributed by atoms with Gasteiger partial charge in [0.15, 0.2) is 0 Å². The van der Waals surface area contributed by atoms with Crippen LogP contribution >= 0.6 is 0 Å². The van der Waals surface area contributed by atoms with E-state index in [0.717, 1.165) is 0 Å². The Hall–Kier alpha value is -5.62. The van der Waals surface area contributed by atoms with Crippen molar-refractivity contribution in [3.8, 4) is 0 Å². The summed E-state index contributed by atoms with van der Waals surface area (Å²) < 4.78 is 0. The van der Waals surface area contributed by atoms with E-state index in [1.165, 1.54) is 25.0 Å². The third-order valence-electron chi connectivity index (χ3n) is 6.57. The molecule has 0 spiro atoms. The first-order valence-corrected chi connectivity index (χ1v) is 14.1. The Balaban J connectivity index is 1.76. The molecule has 0 bridgehead atoms. The van der Waals surface area contributed by atoms with Crippen LogP contribution in [0, 0.1) is 0 Å². The number of H-pyrrole nitrogens is 2. The van der Waals surface area contributed by atoms with Crippen molar-refractivity contribution >= 4 is 35.5 Å². The van der Waals surface area contributed by atoms with E-state index in [4.69, 9.17) is 10.8 Å². The van der Waals surface area contributed by atoms with Crippen LogP contribution in [0.5, 0.6) is 0 Å². The summed E-state index contributed by atoms with van der Waals surface area (Å²) in [5.74, 6) is -5.28. The number of nitrogens with zero attached hydrogens (tertiary/aromatic N) is 2. The molecule has 0 radical (unpaired) electrons. The average molecular weight is 641 g/mol. The first-order valence-electron chi connectivity index (χ1n) is 14.1. The van der Waals surface area contributed by atoms with Crippen LogP contribution < -0.4 is 32.3 Å². The van der Waals surface area contributed by atoms with E-state index in [-0.39, 0.29) is 19.3 Å². The maximum absolute atomic E-state index is 13.5. The normalized spacial score (nSPS) is 13.3. The van der Waals surface area contributed by atoms with Gasteiger partial charge >= 0.3 is 5.97 Å². The van der Waals surface area contributed by atoms with Gasteiger partial charge in [-0.05, 0) is 5.56 Å². The number of carbonyl (C=O) groups is 6. The summed E-state index contributed by atoms with van der Waals surface area (Å²) in [5, 5.41) is 31.1. The van der Waals surface area contributed by atoms with Crippen LogP contribution in [-0.2, 0) is 48.0 Å². The maximum atomic E-state index is 13.5. The molecule has 2 heterocycles. The van der Waals surface area contributed by atoms with Crippen molar-refractivity contribution in [2.45, 2.75) is 43.4 Å². The summed E-state index contributed by atoms with van der Waals surface area (Å²) >= 11 is 0. The number of carboxylic acid groups (broad SMARTS) is 1. The third-order valence-corrected chi connectivity index (χ3v) is 6.57.